The molecule has 0 bridgehead atoms. The smallest absolute Gasteiger partial charge is 0.341 e. The first kappa shape index (κ1) is 14.0. The van der Waals surface area contributed by atoms with Gasteiger partial charge in [-0.15, -0.1) is 0 Å². The molecule has 3 amide bonds. The maximum Gasteiger partial charge on any atom is 0.341 e. The van der Waals surface area contributed by atoms with Gasteiger partial charge in [0, 0.05) is 13.1 Å². The number of urea groups is 1. The van der Waals surface area contributed by atoms with E-state index in [0.29, 0.717) is 6.54 Å². The van der Waals surface area contributed by atoms with Crippen LogP contribution >= 0.6 is 0 Å². The standard InChI is InChI=1S/C13H13FN2O4/c1-8(11(17)16-7-6-15-13(16)19)20-12(18)9-4-2-3-5-10(9)14/h2-5,8H,6-7H2,1H3,(H,15,19)/t8-/m0/s1. The Morgan fingerprint density at radius 2 is 2.10 bits per heavy atom. The van der Waals surface area contributed by atoms with Crippen LogP contribution in [0, 0.1) is 5.82 Å². The van der Waals surface area contributed by atoms with Crippen LogP contribution in [0.4, 0.5) is 9.18 Å². The van der Waals surface area contributed by atoms with E-state index in [1.807, 2.05) is 0 Å². The molecule has 0 saturated carbocycles. The van der Waals surface area contributed by atoms with Crippen LogP contribution in [0.25, 0.3) is 0 Å². The third kappa shape index (κ3) is 2.76. The van der Waals surface area contributed by atoms with E-state index < -0.39 is 29.8 Å². The fourth-order valence-corrected chi connectivity index (χ4v) is 1.80. The van der Waals surface area contributed by atoms with Gasteiger partial charge in [-0.25, -0.2) is 14.0 Å². The Morgan fingerprint density at radius 3 is 2.70 bits per heavy atom. The van der Waals surface area contributed by atoms with Gasteiger partial charge in [0.05, 0.1) is 5.56 Å². The fourth-order valence-electron chi connectivity index (χ4n) is 1.80. The van der Waals surface area contributed by atoms with Gasteiger partial charge in [-0.05, 0) is 19.1 Å². The summed E-state index contributed by atoms with van der Waals surface area (Å²) >= 11 is 0. The molecule has 0 aromatic heterocycles. The number of halogens is 1. The lowest BCUT2D eigenvalue weighted by atomic mass is 10.2. The van der Waals surface area contributed by atoms with Crippen molar-refractivity contribution in [3.8, 4) is 0 Å². The zero-order valence-electron chi connectivity index (χ0n) is 10.8. The lowest BCUT2D eigenvalue weighted by Crippen LogP contribution is -2.41. The predicted octanol–water partition coefficient (Wildman–Crippen LogP) is 0.923. The van der Waals surface area contributed by atoms with Crippen molar-refractivity contribution in [3.63, 3.8) is 0 Å². The number of nitrogens with zero attached hydrogens (tertiary/aromatic N) is 1. The van der Waals surface area contributed by atoms with Gasteiger partial charge in [-0.3, -0.25) is 9.69 Å². The molecule has 1 aromatic rings. The van der Waals surface area contributed by atoms with E-state index in [9.17, 15) is 18.8 Å². The molecule has 20 heavy (non-hydrogen) atoms. The summed E-state index contributed by atoms with van der Waals surface area (Å²) in [5.41, 5.74) is -0.252. The third-order valence-corrected chi connectivity index (χ3v) is 2.85. The minimum absolute atomic E-state index is 0.221. The van der Waals surface area contributed by atoms with Gasteiger partial charge in [-0.2, -0.15) is 0 Å². The van der Waals surface area contributed by atoms with E-state index in [1.165, 1.54) is 25.1 Å². The maximum absolute atomic E-state index is 13.4. The summed E-state index contributed by atoms with van der Waals surface area (Å²) in [6.07, 6.45) is -1.16. The van der Waals surface area contributed by atoms with Gasteiger partial charge in [0.2, 0.25) is 0 Å². The summed E-state index contributed by atoms with van der Waals surface area (Å²) in [5, 5.41) is 2.47. The Labute approximate surface area is 114 Å². The molecule has 1 atom stereocenters. The number of carbonyl (C=O) groups is 3. The summed E-state index contributed by atoms with van der Waals surface area (Å²) in [4.78, 5) is 35.9. The number of carbonyl (C=O) groups excluding carboxylic acids is 3. The van der Waals surface area contributed by atoms with Crippen molar-refractivity contribution in [2.75, 3.05) is 13.1 Å². The number of nitrogens with one attached hydrogen (secondary N) is 1. The monoisotopic (exact) mass is 280 g/mol. The summed E-state index contributed by atoms with van der Waals surface area (Å²) in [7, 11) is 0. The first-order valence-electron chi connectivity index (χ1n) is 6.05. The van der Waals surface area contributed by atoms with Crippen molar-refractivity contribution < 1.29 is 23.5 Å². The van der Waals surface area contributed by atoms with Crippen LogP contribution in [0.3, 0.4) is 0 Å². The van der Waals surface area contributed by atoms with E-state index in [-0.39, 0.29) is 12.1 Å². The lowest BCUT2D eigenvalue weighted by molar-refractivity contribution is -0.136. The maximum atomic E-state index is 13.4. The molecule has 0 unspecified atom stereocenters. The summed E-state index contributed by atoms with van der Waals surface area (Å²) in [6, 6.07) is 4.79. The molecule has 106 valence electrons. The van der Waals surface area contributed by atoms with Gasteiger partial charge in [0.25, 0.3) is 5.91 Å². The van der Waals surface area contributed by atoms with Gasteiger partial charge in [-0.1, -0.05) is 12.1 Å². The van der Waals surface area contributed by atoms with E-state index in [1.54, 1.807) is 0 Å². The SMILES string of the molecule is C[C@H](OC(=O)c1ccccc1F)C(=O)N1CCNC1=O. The molecule has 1 saturated heterocycles. The highest BCUT2D eigenvalue weighted by Gasteiger charge is 2.32. The first-order valence-corrected chi connectivity index (χ1v) is 6.05. The quantitative estimate of drug-likeness (QED) is 0.835. The van der Waals surface area contributed by atoms with E-state index >= 15 is 0 Å². The second-order valence-electron chi connectivity index (χ2n) is 4.25. The summed E-state index contributed by atoms with van der Waals surface area (Å²) in [6.45, 7) is 1.92. The van der Waals surface area contributed by atoms with Gasteiger partial charge in [0.15, 0.2) is 6.10 Å². The van der Waals surface area contributed by atoms with Crippen LogP contribution in [-0.4, -0.2) is 42.0 Å². The number of benzene rings is 1. The summed E-state index contributed by atoms with van der Waals surface area (Å²) in [5.74, 6) is -2.30. The van der Waals surface area contributed by atoms with Crippen LogP contribution in [-0.2, 0) is 9.53 Å². The van der Waals surface area contributed by atoms with Crippen molar-refractivity contribution >= 4 is 17.9 Å². The number of rotatable bonds is 3. The average Bonchev–Trinajstić information content (AvgIpc) is 2.84. The molecule has 0 radical (unpaired) electrons. The summed E-state index contributed by atoms with van der Waals surface area (Å²) < 4.78 is 18.3. The molecule has 0 spiro atoms. The Morgan fingerprint density at radius 1 is 1.40 bits per heavy atom. The molecule has 0 aliphatic carbocycles. The number of hydrogen-bond donors (Lipinski definition) is 1. The average molecular weight is 280 g/mol. The van der Waals surface area contributed by atoms with E-state index in [0.717, 1.165) is 11.0 Å². The van der Waals surface area contributed by atoms with E-state index in [2.05, 4.69) is 5.32 Å². The molecule has 6 nitrogen and oxygen atoms in total. The number of hydrogen-bond acceptors (Lipinski definition) is 4. The van der Waals surface area contributed by atoms with Gasteiger partial charge < -0.3 is 10.1 Å². The van der Waals surface area contributed by atoms with E-state index in [4.69, 9.17) is 4.74 Å². The highest BCUT2D eigenvalue weighted by molar-refractivity contribution is 5.99. The number of imide groups is 1. The van der Waals surface area contributed by atoms with Crippen molar-refractivity contribution in [2.24, 2.45) is 0 Å². The predicted molar refractivity (Wildman–Crippen MR) is 66.4 cm³/mol. The minimum atomic E-state index is -1.16. The van der Waals surface area contributed by atoms with Crippen LogP contribution < -0.4 is 5.32 Å². The number of amides is 3. The van der Waals surface area contributed by atoms with Crippen molar-refractivity contribution in [3.05, 3.63) is 35.6 Å². The Hall–Kier alpha value is -2.44. The van der Waals surface area contributed by atoms with Crippen LogP contribution in [0.5, 0.6) is 0 Å². The largest absolute Gasteiger partial charge is 0.449 e. The van der Waals surface area contributed by atoms with Crippen molar-refractivity contribution in [1.29, 1.82) is 0 Å². The van der Waals surface area contributed by atoms with Gasteiger partial charge >= 0.3 is 12.0 Å². The van der Waals surface area contributed by atoms with Crippen LogP contribution in [0.15, 0.2) is 24.3 Å². The molecule has 1 N–H and O–H groups in total. The molecule has 7 heteroatoms. The molecule has 2 rings (SSSR count). The molecule has 1 aliphatic heterocycles. The Balaban J connectivity index is 2.02. The van der Waals surface area contributed by atoms with Crippen molar-refractivity contribution in [2.45, 2.75) is 13.0 Å². The third-order valence-electron chi connectivity index (χ3n) is 2.85. The second kappa shape index (κ2) is 5.68. The zero-order chi connectivity index (χ0) is 14.7. The number of esters is 1. The molecule has 1 aliphatic rings. The highest BCUT2D eigenvalue weighted by atomic mass is 19.1. The topological polar surface area (TPSA) is 75.7 Å². The molecular formula is C13H13FN2O4. The zero-order valence-corrected chi connectivity index (χ0v) is 10.8. The first-order chi connectivity index (χ1) is 9.50. The van der Waals surface area contributed by atoms with Gasteiger partial charge in [0.1, 0.15) is 5.82 Å². The Bertz CT molecular complexity index is 561. The second-order valence-corrected chi connectivity index (χ2v) is 4.25. The molecule has 1 aromatic carbocycles. The fraction of sp³-hybridized carbons (Fsp3) is 0.308. The lowest BCUT2D eigenvalue weighted by Gasteiger charge is -2.18. The highest BCUT2D eigenvalue weighted by Crippen LogP contribution is 2.11. The van der Waals surface area contributed by atoms with Crippen LogP contribution in [0.1, 0.15) is 17.3 Å². The minimum Gasteiger partial charge on any atom is -0.449 e. The normalized spacial score (nSPS) is 15.7. The number of ether oxygens (including phenoxy) is 1. The van der Waals surface area contributed by atoms with Crippen LogP contribution in [0.2, 0.25) is 0 Å². The van der Waals surface area contributed by atoms with Crippen molar-refractivity contribution in [1.82, 2.24) is 10.2 Å². The Kier molecular flexibility index (Phi) is 3.97. The molecule has 1 fully saturated rings. The molecular weight excluding hydrogens is 267 g/mol. The molecule has 1 heterocycles.